The van der Waals surface area contributed by atoms with Crippen LogP contribution in [0.5, 0.6) is 0 Å². The van der Waals surface area contributed by atoms with Gasteiger partial charge in [-0.05, 0) is 56.3 Å². The first kappa shape index (κ1) is 16.3. The number of nitrogens with zero attached hydrogens (tertiary/aromatic N) is 1. The first-order valence-corrected chi connectivity index (χ1v) is 8.23. The lowest BCUT2D eigenvalue weighted by molar-refractivity contribution is 0.202. The van der Waals surface area contributed by atoms with Gasteiger partial charge in [0.25, 0.3) is 0 Å². The van der Waals surface area contributed by atoms with Crippen molar-refractivity contribution in [1.29, 1.82) is 0 Å². The SMILES string of the molecule is CCNCc1ccc(N(CCOC)C(C)C2CC2)c(C)c1. The summed E-state index contributed by atoms with van der Waals surface area (Å²) in [5.74, 6) is 0.864. The number of anilines is 1. The van der Waals surface area contributed by atoms with Gasteiger partial charge in [-0.3, -0.25) is 0 Å². The molecule has 0 spiro atoms. The van der Waals surface area contributed by atoms with Crippen LogP contribution in [-0.2, 0) is 11.3 Å². The Morgan fingerprint density at radius 1 is 1.38 bits per heavy atom. The molecule has 1 unspecified atom stereocenters. The topological polar surface area (TPSA) is 24.5 Å². The van der Waals surface area contributed by atoms with Crippen molar-refractivity contribution >= 4 is 5.69 Å². The quantitative estimate of drug-likeness (QED) is 0.755. The maximum Gasteiger partial charge on any atom is 0.0637 e. The highest BCUT2D eigenvalue weighted by Gasteiger charge is 2.32. The fourth-order valence-corrected chi connectivity index (χ4v) is 2.99. The smallest absolute Gasteiger partial charge is 0.0637 e. The highest BCUT2D eigenvalue weighted by Crippen LogP contribution is 2.37. The molecule has 3 nitrogen and oxygen atoms in total. The first-order chi connectivity index (χ1) is 10.2. The molecule has 1 atom stereocenters. The summed E-state index contributed by atoms with van der Waals surface area (Å²) in [6, 6.07) is 7.47. The van der Waals surface area contributed by atoms with Crippen molar-refractivity contribution in [3.05, 3.63) is 29.3 Å². The molecule has 0 radical (unpaired) electrons. The second kappa shape index (κ2) is 7.81. The number of benzene rings is 1. The lowest BCUT2D eigenvalue weighted by atomic mass is 10.1. The molecule has 3 heteroatoms. The van der Waals surface area contributed by atoms with Crippen molar-refractivity contribution in [2.45, 2.75) is 46.2 Å². The van der Waals surface area contributed by atoms with Crippen LogP contribution >= 0.6 is 0 Å². The Balaban J connectivity index is 2.14. The maximum atomic E-state index is 5.31. The van der Waals surface area contributed by atoms with Crippen LogP contribution in [0.25, 0.3) is 0 Å². The summed E-state index contributed by atoms with van der Waals surface area (Å²) in [5.41, 5.74) is 4.10. The number of nitrogens with one attached hydrogen (secondary N) is 1. The molecule has 0 bridgehead atoms. The number of aryl methyl sites for hydroxylation is 1. The molecule has 1 aliphatic carbocycles. The molecule has 1 saturated carbocycles. The monoisotopic (exact) mass is 290 g/mol. The zero-order valence-electron chi connectivity index (χ0n) is 14.0. The van der Waals surface area contributed by atoms with Crippen molar-refractivity contribution in [2.24, 2.45) is 5.92 Å². The van der Waals surface area contributed by atoms with Crippen LogP contribution in [0.15, 0.2) is 18.2 Å². The second-order valence-electron chi connectivity index (χ2n) is 6.17. The van der Waals surface area contributed by atoms with Gasteiger partial charge in [0, 0.05) is 31.9 Å². The highest BCUT2D eigenvalue weighted by atomic mass is 16.5. The van der Waals surface area contributed by atoms with Crippen molar-refractivity contribution in [1.82, 2.24) is 5.32 Å². The van der Waals surface area contributed by atoms with E-state index in [1.807, 2.05) is 0 Å². The van der Waals surface area contributed by atoms with Crippen LogP contribution in [0.1, 0.15) is 37.8 Å². The van der Waals surface area contributed by atoms with Crippen molar-refractivity contribution in [3.63, 3.8) is 0 Å². The normalized spacial score (nSPS) is 16.0. The Morgan fingerprint density at radius 2 is 2.14 bits per heavy atom. The molecular weight excluding hydrogens is 260 g/mol. The second-order valence-corrected chi connectivity index (χ2v) is 6.17. The summed E-state index contributed by atoms with van der Waals surface area (Å²) in [7, 11) is 1.78. The Bertz CT molecular complexity index is 443. The van der Waals surface area contributed by atoms with Gasteiger partial charge in [-0.15, -0.1) is 0 Å². The Morgan fingerprint density at radius 3 is 2.71 bits per heavy atom. The van der Waals surface area contributed by atoms with Crippen LogP contribution in [0.2, 0.25) is 0 Å². The Kier molecular flexibility index (Phi) is 6.07. The molecule has 2 rings (SSSR count). The van der Waals surface area contributed by atoms with Gasteiger partial charge in [0.05, 0.1) is 6.61 Å². The molecule has 1 aromatic rings. The predicted octanol–water partition coefficient (Wildman–Crippen LogP) is 3.36. The predicted molar refractivity (Wildman–Crippen MR) is 90.0 cm³/mol. The molecular formula is C18H30N2O. The van der Waals surface area contributed by atoms with Gasteiger partial charge >= 0.3 is 0 Å². The molecule has 0 heterocycles. The summed E-state index contributed by atoms with van der Waals surface area (Å²) < 4.78 is 5.31. The number of ether oxygens (including phenoxy) is 1. The van der Waals surface area contributed by atoms with E-state index >= 15 is 0 Å². The first-order valence-electron chi connectivity index (χ1n) is 8.23. The largest absolute Gasteiger partial charge is 0.383 e. The third-order valence-corrected chi connectivity index (χ3v) is 4.48. The van der Waals surface area contributed by atoms with E-state index in [-0.39, 0.29) is 0 Å². The van der Waals surface area contributed by atoms with Gasteiger partial charge in [-0.2, -0.15) is 0 Å². The van der Waals surface area contributed by atoms with E-state index in [9.17, 15) is 0 Å². The van der Waals surface area contributed by atoms with Gasteiger partial charge < -0.3 is 15.0 Å². The van der Waals surface area contributed by atoms with E-state index in [4.69, 9.17) is 4.74 Å². The number of methoxy groups -OCH3 is 1. The van der Waals surface area contributed by atoms with Crippen molar-refractivity contribution in [3.8, 4) is 0 Å². The minimum atomic E-state index is 0.610. The molecule has 1 aromatic carbocycles. The Hall–Kier alpha value is -1.06. The molecule has 0 amide bonds. The molecule has 118 valence electrons. The fraction of sp³-hybridized carbons (Fsp3) is 0.667. The van der Waals surface area contributed by atoms with Gasteiger partial charge in [-0.1, -0.05) is 19.1 Å². The van der Waals surface area contributed by atoms with Gasteiger partial charge in [0.15, 0.2) is 0 Å². The average Bonchev–Trinajstić information content (AvgIpc) is 3.31. The van der Waals surface area contributed by atoms with Crippen LogP contribution in [-0.4, -0.2) is 32.8 Å². The van der Waals surface area contributed by atoms with E-state index in [2.05, 4.69) is 49.2 Å². The van der Waals surface area contributed by atoms with Gasteiger partial charge in [0.2, 0.25) is 0 Å². The van der Waals surface area contributed by atoms with Crippen LogP contribution in [0, 0.1) is 12.8 Å². The summed E-state index contributed by atoms with van der Waals surface area (Å²) in [6.45, 7) is 10.5. The Labute approximate surface area is 129 Å². The molecule has 1 fully saturated rings. The third kappa shape index (κ3) is 4.45. The van der Waals surface area contributed by atoms with Crippen LogP contribution < -0.4 is 10.2 Å². The number of hydrogen-bond donors (Lipinski definition) is 1. The van der Waals surface area contributed by atoms with Crippen molar-refractivity contribution < 1.29 is 4.74 Å². The zero-order chi connectivity index (χ0) is 15.2. The summed E-state index contributed by atoms with van der Waals surface area (Å²) >= 11 is 0. The third-order valence-electron chi connectivity index (χ3n) is 4.48. The van der Waals surface area contributed by atoms with Gasteiger partial charge in [0.1, 0.15) is 0 Å². The van der Waals surface area contributed by atoms with E-state index in [1.54, 1.807) is 7.11 Å². The molecule has 1 N–H and O–H groups in total. The fourth-order valence-electron chi connectivity index (χ4n) is 2.99. The standard InChI is InChI=1S/C18H30N2O/c1-5-19-13-16-6-9-18(14(2)12-16)20(10-11-21-4)15(3)17-7-8-17/h6,9,12,15,17,19H,5,7-8,10-11,13H2,1-4H3. The van der Waals surface area contributed by atoms with E-state index in [1.165, 1.54) is 29.7 Å². The molecule has 0 aromatic heterocycles. The van der Waals surface area contributed by atoms with Crippen molar-refractivity contribution in [2.75, 3.05) is 31.7 Å². The van der Waals surface area contributed by atoms with E-state index in [0.29, 0.717) is 6.04 Å². The lowest BCUT2D eigenvalue weighted by Gasteiger charge is -2.33. The van der Waals surface area contributed by atoms with E-state index in [0.717, 1.165) is 32.2 Å². The van der Waals surface area contributed by atoms with E-state index < -0.39 is 0 Å². The number of hydrogen-bond acceptors (Lipinski definition) is 3. The molecule has 0 saturated heterocycles. The molecule has 0 aliphatic heterocycles. The molecule has 1 aliphatic rings. The van der Waals surface area contributed by atoms with Crippen LogP contribution in [0.3, 0.4) is 0 Å². The summed E-state index contributed by atoms with van der Waals surface area (Å²) in [5, 5.41) is 3.39. The molecule has 21 heavy (non-hydrogen) atoms. The van der Waals surface area contributed by atoms with Crippen LogP contribution in [0.4, 0.5) is 5.69 Å². The number of rotatable bonds is 9. The minimum absolute atomic E-state index is 0.610. The maximum absolute atomic E-state index is 5.31. The van der Waals surface area contributed by atoms with Gasteiger partial charge in [-0.25, -0.2) is 0 Å². The summed E-state index contributed by atoms with van der Waals surface area (Å²) in [6.07, 6.45) is 2.75. The lowest BCUT2D eigenvalue weighted by Crippen LogP contribution is -2.37. The highest BCUT2D eigenvalue weighted by molar-refractivity contribution is 5.55. The zero-order valence-corrected chi connectivity index (χ0v) is 14.0. The average molecular weight is 290 g/mol. The summed E-state index contributed by atoms with van der Waals surface area (Å²) in [4.78, 5) is 2.54. The minimum Gasteiger partial charge on any atom is -0.383 e.